The van der Waals surface area contributed by atoms with E-state index in [1.165, 1.54) is 0 Å². The van der Waals surface area contributed by atoms with Crippen LogP contribution in [0, 0.1) is 11.8 Å². The summed E-state index contributed by atoms with van der Waals surface area (Å²) in [4.78, 5) is 0. The number of hydrogen-bond acceptors (Lipinski definition) is 3. The Morgan fingerprint density at radius 3 is 2.75 bits per heavy atom. The van der Waals surface area contributed by atoms with Gasteiger partial charge in [0.2, 0.25) is 0 Å². The molecule has 0 aliphatic rings. The summed E-state index contributed by atoms with van der Waals surface area (Å²) < 4.78 is 11.0. The van der Waals surface area contributed by atoms with Crippen LogP contribution < -0.4 is 4.74 Å². The highest BCUT2D eigenvalue weighted by molar-refractivity contribution is 5.90. The quantitative estimate of drug-likeness (QED) is 0.670. The molecule has 0 amide bonds. The van der Waals surface area contributed by atoms with Crippen molar-refractivity contribution in [2.75, 3.05) is 26.4 Å². The molecule has 3 heteroatoms. The van der Waals surface area contributed by atoms with Crippen LogP contribution in [0.25, 0.3) is 10.8 Å². The predicted octanol–water partition coefficient (Wildman–Crippen LogP) is 2.60. The number of fused-ring (bicyclic) bond motifs is 1. The zero-order chi connectivity index (χ0) is 14.2. The van der Waals surface area contributed by atoms with Gasteiger partial charge in [0.15, 0.2) is 0 Å². The Morgan fingerprint density at radius 1 is 1.10 bits per heavy atom. The molecule has 0 saturated carbocycles. The first-order valence-corrected chi connectivity index (χ1v) is 6.69. The molecule has 0 spiro atoms. The van der Waals surface area contributed by atoms with Crippen molar-refractivity contribution in [2.45, 2.75) is 6.92 Å². The number of ether oxygens (including phenoxy) is 2. The lowest BCUT2D eigenvalue weighted by atomic mass is 10.0. The van der Waals surface area contributed by atoms with E-state index in [0.717, 1.165) is 22.1 Å². The van der Waals surface area contributed by atoms with Crippen LogP contribution >= 0.6 is 0 Å². The first kappa shape index (κ1) is 14.4. The number of aliphatic hydroxyl groups is 1. The molecule has 20 heavy (non-hydrogen) atoms. The van der Waals surface area contributed by atoms with Gasteiger partial charge < -0.3 is 14.6 Å². The third kappa shape index (κ3) is 3.51. The second-order valence-electron chi connectivity index (χ2n) is 4.17. The number of hydrogen-bond donors (Lipinski definition) is 1. The van der Waals surface area contributed by atoms with Crippen molar-refractivity contribution in [2.24, 2.45) is 0 Å². The van der Waals surface area contributed by atoms with Gasteiger partial charge in [0.05, 0.1) is 12.2 Å². The normalized spacial score (nSPS) is 10.1. The molecule has 0 radical (unpaired) electrons. The molecule has 1 N–H and O–H groups in total. The lowest BCUT2D eigenvalue weighted by Crippen LogP contribution is -2.07. The van der Waals surface area contributed by atoms with Crippen molar-refractivity contribution in [3.8, 4) is 17.6 Å². The van der Waals surface area contributed by atoms with Gasteiger partial charge >= 0.3 is 0 Å². The van der Waals surface area contributed by atoms with Gasteiger partial charge in [0.25, 0.3) is 0 Å². The largest absolute Gasteiger partial charge is 0.490 e. The Kier molecular flexibility index (Phi) is 5.43. The van der Waals surface area contributed by atoms with E-state index < -0.39 is 0 Å². The van der Waals surface area contributed by atoms with Gasteiger partial charge in [0, 0.05) is 12.0 Å². The Labute approximate surface area is 119 Å². The summed E-state index contributed by atoms with van der Waals surface area (Å²) in [5.41, 5.74) is 0.814. The van der Waals surface area contributed by atoms with Crippen molar-refractivity contribution < 1.29 is 14.6 Å². The third-order valence-corrected chi connectivity index (χ3v) is 2.87. The van der Waals surface area contributed by atoms with Gasteiger partial charge in [-0.1, -0.05) is 42.2 Å². The van der Waals surface area contributed by atoms with E-state index in [4.69, 9.17) is 14.6 Å². The molecule has 0 aromatic heterocycles. The summed E-state index contributed by atoms with van der Waals surface area (Å²) in [5, 5.41) is 11.0. The second-order valence-corrected chi connectivity index (χ2v) is 4.17. The summed E-state index contributed by atoms with van der Waals surface area (Å²) >= 11 is 0. The first-order valence-electron chi connectivity index (χ1n) is 6.69. The number of aliphatic hydroxyl groups excluding tert-OH is 1. The molecular weight excluding hydrogens is 252 g/mol. The predicted molar refractivity (Wildman–Crippen MR) is 79.9 cm³/mol. The first-order chi connectivity index (χ1) is 9.86. The smallest absolute Gasteiger partial charge is 0.135 e. The van der Waals surface area contributed by atoms with Crippen LogP contribution in [0.1, 0.15) is 12.5 Å². The lowest BCUT2D eigenvalue weighted by molar-refractivity contribution is 0.110. The van der Waals surface area contributed by atoms with Gasteiger partial charge in [0.1, 0.15) is 19.0 Å². The monoisotopic (exact) mass is 270 g/mol. The maximum absolute atomic E-state index is 8.90. The molecule has 104 valence electrons. The van der Waals surface area contributed by atoms with Crippen molar-refractivity contribution in [3.05, 3.63) is 42.0 Å². The molecule has 0 aliphatic heterocycles. The summed E-state index contributed by atoms with van der Waals surface area (Å²) in [6, 6.07) is 11.9. The Morgan fingerprint density at radius 2 is 1.95 bits per heavy atom. The van der Waals surface area contributed by atoms with Crippen LogP contribution in [0.4, 0.5) is 0 Å². The molecule has 0 bridgehead atoms. The van der Waals surface area contributed by atoms with Crippen LogP contribution in [0.15, 0.2) is 36.4 Å². The maximum Gasteiger partial charge on any atom is 0.135 e. The van der Waals surface area contributed by atoms with Crippen molar-refractivity contribution in [1.29, 1.82) is 0 Å². The number of benzene rings is 2. The Bertz CT molecular complexity index is 623. The van der Waals surface area contributed by atoms with Crippen LogP contribution in [0.2, 0.25) is 0 Å². The summed E-state index contributed by atoms with van der Waals surface area (Å²) in [6.45, 7) is 3.50. The minimum atomic E-state index is -0.165. The van der Waals surface area contributed by atoms with Crippen molar-refractivity contribution >= 4 is 10.8 Å². The molecule has 2 rings (SSSR count). The van der Waals surface area contributed by atoms with Crippen LogP contribution in [0.5, 0.6) is 5.75 Å². The minimum absolute atomic E-state index is 0.165. The fraction of sp³-hybridized carbons (Fsp3) is 0.294. The van der Waals surface area contributed by atoms with Crippen LogP contribution in [-0.2, 0) is 4.74 Å². The zero-order valence-electron chi connectivity index (χ0n) is 11.6. The molecular formula is C17H18O3. The standard InChI is InChI=1S/C17H18O3/c1-2-19-12-13-20-17-10-9-14-6-3-4-7-15(14)16(17)8-5-11-18/h3-4,6-7,9-10,18H,2,11-13H2,1H3. The molecule has 2 aromatic rings. The van der Waals surface area contributed by atoms with Gasteiger partial charge in [-0.25, -0.2) is 0 Å². The fourth-order valence-corrected chi connectivity index (χ4v) is 1.98. The van der Waals surface area contributed by atoms with E-state index in [9.17, 15) is 0 Å². The molecule has 0 fully saturated rings. The van der Waals surface area contributed by atoms with Gasteiger partial charge in [-0.3, -0.25) is 0 Å². The molecule has 3 nitrogen and oxygen atoms in total. The van der Waals surface area contributed by atoms with Crippen molar-refractivity contribution in [1.82, 2.24) is 0 Å². The molecule has 0 saturated heterocycles. The summed E-state index contributed by atoms with van der Waals surface area (Å²) in [7, 11) is 0. The molecule has 0 atom stereocenters. The molecule has 0 aliphatic carbocycles. The van der Waals surface area contributed by atoms with Gasteiger partial charge in [-0.05, 0) is 18.4 Å². The Hall–Kier alpha value is -2.02. The molecule has 2 aromatic carbocycles. The van der Waals surface area contributed by atoms with Gasteiger partial charge in [-0.2, -0.15) is 0 Å². The third-order valence-electron chi connectivity index (χ3n) is 2.87. The topological polar surface area (TPSA) is 38.7 Å². The maximum atomic E-state index is 8.90. The van der Waals surface area contributed by atoms with E-state index in [1.807, 2.05) is 43.3 Å². The highest BCUT2D eigenvalue weighted by Gasteiger charge is 2.06. The minimum Gasteiger partial charge on any atom is -0.490 e. The number of rotatable bonds is 5. The van der Waals surface area contributed by atoms with E-state index in [-0.39, 0.29) is 6.61 Å². The second kappa shape index (κ2) is 7.54. The molecule has 0 unspecified atom stereocenters. The summed E-state index contributed by atoms with van der Waals surface area (Å²) in [6.07, 6.45) is 0. The van der Waals surface area contributed by atoms with E-state index in [0.29, 0.717) is 19.8 Å². The highest BCUT2D eigenvalue weighted by Crippen LogP contribution is 2.27. The Balaban J connectivity index is 2.32. The van der Waals surface area contributed by atoms with E-state index >= 15 is 0 Å². The molecule has 0 heterocycles. The average Bonchev–Trinajstić information content (AvgIpc) is 2.50. The van der Waals surface area contributed by atoms with Gasteiger partial charge in [-0.15, -0.1) is 0 Å². The van der Waals surface area contributed by atoms with E-state index in [1.54, 1.807) is 0 Å². The lowest BCUT2D eigenvalue weighted by Gasteiger charge is -2.10. The van der Waals surface area contributed by atoms with Crippen molar-refractivity contribution in [3.63, 3.8) is 0 Å². The van der Waals surface area contributed by atoms with Crippen LogP contribution in [-0.4, -0.2) is 31.5 Å². The van der Waals surface area contributed by atoms with Crippen LogP contribution in [0.3, 0.4) is 0 Å². The SMILES string of the molecule is CCOCCOc1ccc2ccccc2c1C#CCO. The zero-order valence-corrected chi connectivity index (χ0v) is 11.6. The highest BCUT2D eigenvalue weighted by atomic mass is 16.5. The summed E-state index contributed by atoms with van der Waals surface area (Å²) in [5.74, 6) is 6.40. The van der Waals surface area contributed by atoms with E-state index in [2.05, 4.69) is 11.8 Å². The fourth-order valence-electron chi connectivity index (χ4n) is 1.98. The average molecular weight is 270 g/mol.